The van der Waals surface area contributed by atoms with Crippen LogP contribution in [0.15, 0.2) is 76.7 Å². The standard InChI is InChI=1S/C28H26N4O3S/c1-18-7-5-8-19(2)26(18)32-27(35)22-9-3-4-10-23(22)30-28(32)36-17-24(33)29-20-12-14-21(15-13-20)31-16-6-11-25(31)34/h3-5,7-10,12-15H,6,11,16-17H2,1-2H3,(H,29,33). The van der Waals surface area contributed by atoms with Gasteiger partial charge in [0.25, 0.3) is 5.56 Å². The summed E-state index contributed by atoms with van der Waals surface area (Å²) in [6, 6.07) is 20.4. The van der Waals surface area contributed by atoms with Gasteiger partial charge in [0.2, 0.25) is 11.8 Å². The van der Waals surface area contributed by atoms with Gasteiger partial charge in [-0.25, -0.2) is 4.98 Å². The third-order valence-electron chi connectivity index (χ3n) is 6.28. The van der Waals surface area contributed by atoms with Gasteiger partial charge in [-0.1, -0.05) is 42.1 Å². The number of hydrogen-bond acceptors (Lipinski definition) is 5. The molecule has 0 saturated carbocycles. The molecule has 0 spiro atoms. The molecule has 0 unspecified atom stereocenters. The number of hydrogen-bond donors (Lipinski definition) is 1. The number of thioether (sulfide) groups is 1. The Morgan fingerprint density at radius 3 is 2.39 bits per heavy atom. The molecule has 0 atom stereocenters. The number of aromatic nitrogens is 2. The van der Waals surface area contributed by atoms with Gasteiger partial charge in [0.1, 0.15) is 0 Å². The zero-order chi connectivity index (χ0) is 25.2. The van der Waals surface area contributed by atoms with Gasteiger partial charge >= 0.3 is 0 Å². The SMILES string of the molecule is Cc1cccc(C)c1-n1c(SCC(=O)Nc2ccc(N3CCCC3=O)cc2)nc2ccccc2c1=O. The van der Waals surface area contributed by atoms with Crippen LogP contribution < -0.4 is 15.8 Å². The molecule has 7 nitrogen and oxygen atoms in total. The quantitative estimate of drug-likeness (QED) is 0.303. The zero-order valence-corrected chi connectivity index (χ0v) is 21.0. The number of nitrogens with one attached hydrogen (secondary N) is 1. The monoisotopic (exact) mass is 498 g/mol. The number of aryl methyl sites for hydroxylation is 2. The molecule has 2 heterocycles. The van der Waals surface area contributed by atoms with E-state index in [1.165, 1.54) is 11.8 Å². The van der Waals surface area contributed by atoms with Crippen LogP contribution in [0.4, 0.5) is 11.4 Å². The van der Waals surface area contributed by atoms with Crippen LogP contribution in [0.25, 0.3) is 16.6 Å². The molecule has 0 radical (unpaired) electrons. The highest BCUT2D eigenvalue weighted by Gasteiger charge is 2.21. The summed E-state index contributed by atoms with van der Waals surface area (Å²) in [6.07, 6.45) is 1.44. The minimum absolute atomic E-state index is 0.0854. The van der Waals surface area contributed by atoms with Gasteiger partial charge in [0.05, 0.1) is 22.3 Å². The molecule has 182 valence electrons. The second kappa shape index (κ2) is 9.99. The van der Waals surface area contributed by atoms with Crippen LogP contribution >= 0.6 is 11.8 Å². The number of rotatable bonds is 6. The maximum Gasteiger partial charge on any atom is 0.266 e. The van der Waals surface area contributed by atoms with Crippen molar-refractivity contribution in [1.82, 2.24) is 9.55 Å². The maximum absolute atomic E-state index is 13.5. The van der Waals surface area contributed by atoms with Crippen LogP contribution in [-0.2, 0) is 9.59 Å². The number of benzene rings is 3. The first-order valence-corrected chi connectivity index (χ1v) is 12.8. The van der Waals surface area contributed by atoms with E-state index in [9.17, 15) is 14.4 Å². The molecule has 8 heteroatoms. The largest absolute Gasteiger partial charge is 0.325 e. The Hall–Kier alpha value is -3.91. The Morgan fingerprint density at radius 2 is 1.69 bits per heavy atom. The molecule has 0 aliphatic carbocycles. The molecule has 3 aromatic carbocycles. The van der Waals surface area contributed by atoms with Crippen molar-refractivity contribution in [2.24, 2.45) is 0 Å². The van der Waals surface area contributed by atoms with E-state index < -0.39 is 0 Å². The van der Waals surface area contributed by atoms with Crippen LogP contribution in [0.3, 0.4) is 0 Å². The molecule has 5 rings (SSSR count). The number of nitrogens with zero attached hydrogens (tertiary/aromatic N) is 3. The number of anilines is 2. The molecule has 4 aromatic rings. The Balaban J connectivity index is 1.39. The molecule has 1 aliphatic rings. The minimum Gasteiger partial charge on any atom is -0.325 e. The van der Waals surface area contributed by atoms with E-state index >= 15 is 0 Å². The summed E-state index contributed by atoms with van der Waals surface area (Å²) in [5, 5.41) is 3.90. The highest BCUT2D eigenvalue weighted by Crippen LogP contribution is 2.26. The average molecular weight is 499 g/mol. The predicted octanol–water partition coefficient (Wildman–Crippen LogP) is 4.86. The van der Waals surface area contributed by atoms with E-state index in [0.29, 0.717) is 28.2 Å². The van der Waals surface area contributed by atoms with Crippen LogP contribution in [0.5, 0.6) is 0 Å². The van der Waals surface area contributed by atoms with Crippen LogP contribution in [0.2, 0.25) is 0 Å². The molecule has 2 amide bonds. The molecule has 1 aliphatic heterocycles. The zero-order valence-electron chi connectivity index (χ0n) is 20.2. The molecule has 1 N–H and O–H groups in total. The molecular weight excluding hydrogens is 472 g/mol. The highest BCUT2D eigenvalue weighted by atomic mass is 32.2. The molecule has 1 fully saturated rings. The van der Waals surface area contributed by atoms with Crippen LogP contribution in [0, 0.1) is 13.8 Å². The van der Waals surface area contributed by atoms with Gasteiger partial charge in [0, 0.05) is 24.3 Å². The lowest BCUT2D eigenvalue weighted by atomic mass is 10.1. The van der Waals surface area contributed by atoms with Crippen molar-refractivity contribution in [2.75, 3.05) is 22.5 Å². The predicted molar refractivity (Wildman–Crippen MR) is 144 cm³/mol. The van der Waals surface area contributed by atoms with Gasteiger partial charge in [0.15, 0.2) is 5.16 Å². The van der Waals surface area contributed by atoms with Crippen molar-refractivity contribution < 1.29 is 9.59 Å². The minimum atomic E-state index is -0.208. The molecule has 1 saturated heterocycles. The Morgan fingerprint density at radius 1 is 0.972 bits per heavy atom. The van der Waals surface area contributed by atoms with E-state index in [0.717, 1.165) is 35.5 Å². The third-order valence-corrected chi connectivity index (χ3v) is 7.22. The first-order valence-electron chi connectivity index (χ1n) is 11.8. The Labute approximate surface area is 213 Å². The summed E-state index contributed by atoms with van der Waals surface area (Å²) in [4.78, 5) is 44.8. The molecular formula is C28H26N4O3S. The first kappa shape index (κ1) is 23.8. The molecule has 0 bridgehead atoms. The lowest BCUT2D eigenvalue weighted by Gasteiger charge is -2.17. The maximum atomic E-state index is 13.5. The van der Waals surface area contributed by atoms with Gasteiger partial charge in [-0.3, -0.25) is 19.0 Å². The van der Waals surface area contributed by atoms with E-state index in [4.69, 9.17) is 4.98 Å². The first-order chi connectivity index (χ1) is 17.4. The third kappa shape index (κ3) is 4.64. The summed E-state index contributed by atoms with van der Waals surface area (Å²) in [5.41, 5.74) is 4.62. The average Bonchev–Trinajstić information content (AvgIpc) is 3.30. The van der Waals surface area contributed by atoms with Gasteiger partial charge < -0.3 is 10.2 Å². The Bertz CT molecular complexity index is 1510. The fourth-order valence-corrected chi connectivity index (χ4v) is 5.34. The van der Waals surface area contributed by atoms with Crippen molar-refractivity contribution in [3.63, 3.8) is 0 Å². The fraction of sp³-hybridized carbons (Fsp3) is 0.214. The Kier molecular flexibility index (Phi) is 6.61. The summed E-state index contributed by atoms with van der Waals surface area (Å²) in [6.45, 7) is 4.65. The van der Waals surface area contributed by atoms with E-state index in [1.807, 2.05) is 62.4 Å². The van der Waals surface area contributed by atoms with Gasteiger partial charge in [-0.2, -0.15) is 0 Å². The van der Waals surface area contributed by atoms with Crippen LogP contribution in [-0.4, -0.2) is 33.7 Å². The topological polar surface area (TPSA) is 84.3 Å². The summed E-state index contributed by atoms with van der Waals surface area (Å²) in [7, 11) is 0. The van der Waals surface area contributed by atoms with E-state index in [2.05, 4.69) is 5.32 Å². The fourth-order valence-electron chi connectivity index (χ4n) is 4.54. The number of carbonyl (C=O) groups is 2. The second-order valence-corrected chi connectivity index (χ2v) is 9.77. The van der Waals surface area contributed by atoms with Crippen molar-refractivity contribution in [2.45, 2.75) is 31.8 Å². The van der Waals surface area contributed by atoms with Crippen molar-refractivity contribution in [3.8, 4) is 5.69 Å². The molecule has 36 heavy (non-hydrogen) atoms. The summed E-state index contributed by atoms with van der Waals surface area (Å²) >= 11 is 1.23. The normalized spacial score (nSPS) is 13.4. The van der Waals surface area contributed by atoms with Crippen molar-refractivity contribution >= 4 is 45.9 Å². The summed E-state index contributed by atoms with van der Waals surface area (Å²) in [5.74, 6) is 0.00341. The molecule has 1 aromatic heterocycles. The highest BCUT2D eigenvalue weighted by molar-refractivity contribution is 7.99. The number of fused-ring (bicyclic) bond motifs is 1. The van der Waals surface area contributed by atoms with E-state index in [1.54, 1.807) is 27.7 Å². The van der Waals surface area contributed by atoms with E-state index in [-0.39, 0.29) is 23.1 Å². The van der Waals surface area contributed by atoms with Gasteiger partial charge in [-0.15, -0.1) is 0 Å². The summed E-state index contributed by atoms with van der Waals surface area (Å²) < 4.78 is 1.62. The number of amides is 2. The lowest BCUT2D eigenvalue weighted by molar-refractivity contribution is -0.117. The smallest absolute Gasteiger partial charge is 0.266 e. The second-order valence-electron chi connectivity index (χ2n) is 8.83. The van der Waals surface area contributed by atoms with Gasteiger partial charge in [-0.05, 0) is 67.8 Å². The number of para-hydroxylation sites is 2. The van der Waals surface area contributed by atoms with Crippen molar-refractivity contribution in [1.29, 1.82) is 0 Å². The van der Waals surface area contributed by atoms with Crippen molar-refractivity contribution in [3.05, 3.63) is 88.2 Å². The number of carbonyl (C=O) groups excluding carboxylic acids is 2. The van der Waals surface area contributed by atoms with Crippen LogP contribution in [0.1, 0.15) is 24.0 Å². The lowest BCUT2D eigenvalue weighted by Crippen LogP contribution is -2.24.